The SMILES string of the molecule is CO[C@H]1O[C@@H]2CO[C@@H](c3ccc([N+](=O)[O-])cc3)O[C@H]2[C@H](O)[C@H]1O. The summed E-state index contributed by atoms with van der Waals surface area (Å²) in [5.41, 5.74) is 0.534. The monoisotopic (exact) mass is 327 g/mol. The fourth-order valence-corrected chi connectivity index (χ4v) is 2.69. The largest absolute Gasteiger partial charge is 0.387 e. The summed E-state index contributed by atoms with van der Waals surface area (Å²) in [6.07, 6.45) is -5.55. The minimum Gasteiger partial charge on any atom is -0.387 e. The van der Waals surface area contributed by atoms with Crippen LogP contribution < -0.4 is 0 Å². The highest BCUT2D eigenvalue weighted by molar-refractivity contribution is 5.33. The lowest BCUT2D eigenvalue weighted by Gasteiger charge is -2.45. The standard InChI is InChI=1S/C14H17NO8/c1-20-14-11(17)10(16)12-9(22-14)6-21-13(23-12)7-2-4-8(5-3-7)15(18)19/h2-5,9-14,16-17H,6H2,1H3/t9-,10-,11-,12-,13-,14+/m1/s1. The number of ether oxygens (including phenoxy) is 4. The van der Waals surface area contributed by atoms with Gasteiger partial charge in [-0.25, -0.2) is 0 Å². The summed E-state index contributed by atoms with van der Waals surface area (Å²) in [6.45, 7) is 0.135. The highest BCUT2D eigenvalue weighted by atomic mass is 16.7. The van der Waals surface area contributed by atoms with E-state index in [-0.39, 0.29) is 12.3 Å². The zero-order valence-electron chi connectivity index (χ0n) is 12.3. The molecule has 0 radical (unpaired) electrons. The maximum Gasteiger partial charge on any atom is 0.269 e. The van der Waals surface area contributed by atoms with Gasteiger partial charge in [0.2, 0.25) is 0 Å². The molecule has 1 aromatic rings. The third-order valence-corrected chi connectivity index (χ3v) is 3.94. The fourth-order valence-electron chi connectivity index (χ4n) is 2.69. The van der Waals surface area contributed by atoms with Gasteiger partial charge in [0.25, 0.3) is 5.69 Å². The Morgan fingerprint density at radius 2 is 1.91 bits per heavy atom. The minimum atomic E-state index is -1.24. The van der Waals surface area contributed by atoms with Crippen LogP contribution in [0.5, 0.6) is 0 Å². The fraction of sp³-hybridized carbons (Fsp3) is 0.571. The summed E-state index contributed by atoms with van der Waals surface area (Å²) in [5.74, 6) is 0. The molecule has 2 saturated heterocycles. The Labute approximate surface area is 131 Å². The van der Waals surface area contributed by atoms with E-state index in [1.54, 1.807) is 0 Å². The van der Waals surface area contributed by atoms with E-state index in [0.29, 0.717) is 5.56 Å². The second-order valence-electron chi connectivity index (χ2n) is 5.37. The van der Waals surface area contributed by atoms with Gasteiger partial charge in [-0.2, -0.15) is 0 Å². The maximum absolute atomic E-state index is 10.7. The highest BCUT2D eigenvalue weighted by Crippen LogP contribution is 2.34. The molecule has 1 aromatic carbocycles. The van der Waals surface area contributed by atoms with Gasteiger partial charge < -0.3 is 29.2 Å². The molecule has 3 rings (SSSR count). The Morgan fingerprint density at radius 3 is 2.52 bits per heavy atom. The molecule has 2 N–H and O–H groups in total. The van der Waals surface area contributed by atoms with Crippen LogP contribution in [0.2, 0.25) is 0 Å². The van der Waals surface area contributed by atoms with Gasteiger partial charge in [-0.05, 0) is 12.1 Å². The predicted molar refractivity (Wildman–Crippen MR) is 74.3 cm³/mol. The van der Waals surface area contributed by atoms with Crippen molar-refractivity contribution >= 4 is 5.69 Å². The lowest BCUT2D eigenvalue weighted by molar-refractivity contribution is -0.385. The van der Waals surface area contributed by atoms with Gasteiger partial charge in [-0.15, -0.1) is 0 Å². The highest BCUT2D eigenvalue weighted by Gasteiger charge is 2.49. The van der Waals surface area contributed by atoms with Gasteiger partial charge in [-0.3, -0.25) is 10.1 Å². The molecule has 0 spiro atoms. The molecule has 0 unspecified atom stereocenters. The first-order valence-electron chi connectivity index (χ1n) is 7.07. The first-order valence-corrected chi connectivity index (χ1v) is 7.07. The number of methoxy groups -OCH3 is 1. The molecule has 6 atom stereocenters. The molecule has 0 amide bonds. The van der Waals surface area contributed by atoms with E-state index in [1.807, 2.05) is 0 Å². The van der Waals surface area contributed by atoms with Crippen LogP contribution in [0.15, 0.2) is 24.3 Å². The zero-order chi connectivity index (χ0) is 16.6. The molecule has 23 heavy (non-hydrogen) atoms. The summed E-state index contributed by atoms with van der Waals surface area (Å²) in [4.78, 5) is 10.2. The van der Waals surface area contributed by atoms with Crippen molar-refractivity contribution in [2.45, 2.75) is 37.0 Å². The molecule has 9 nitrogen and oxygen atoms in total. The van der Waals surface area contributed by atoms with Crippen LogP contribution >= 0.6 is 0 Å². The number of aliphatic hydroxyl groups excluding tert-OH is 2. The summed E-state index contributed by atoms with van der Waals surface area (Å²) < 4.78 is 21.7. The molecule has 9 heteroatoms. The van der Waals surface area contributed by atoms with Crippen molar-refractivity contribution in [1.29, 1.82) is 0 Å². The normalized spacial score (nSPS) is 37.2. The lowest BCUT2D eigenvalue weighted by atomic mass is 9.98. The quantitative estimate of drug-likeness (QED) is 0.592. The van der Waals surface area contributed by atoms with E-state index < -0.39 is 41.9 Å². The van der Waals surface area contributed by atoms with Crippen LogP contribution in [0, 0.1) is 10.1 Å². The van der Waals surface area contributed by atoms with Crippen molar-refractivity contribution < 1.29 is 34.1 Å². The molecule has 0 aliphatic carbocycles. The molecular weight excluding hydrogens is 310 g/mol. The first kappa shape index (κ1) is 16.2. The zero-order valence-corrected chi connectivity index (χ0v) is 12.3. The summed E-state index contributed by atoms with van der Waals surface area (Å²) in [7, 11) is 1.37. The number of hydrogen-bond acceptors (Lipinski definition) is 8. The third-order valence-electron chi connectivity index (χ3n) is 3.94. The van der Waals surface area contributed by atoms with E-state index in [9.17, 15) is 20.3 Å². The third kappa shape index (κ3) is 3.07. The number of nitro groups is 1. The number of aliphatic hydroxyl groups is 2. The molecule has 0 bridgehead atoms. The Kier molecular flexibility index (Phi) is 4.57. The van der Waals surface area contributed by atoms with E-state index in [1.165, 1.54) is 31.4 Å². The number of hydrogen-bond donors (Lipinski definition) is 2. The van der Waals surface area contributed by atoms with Crippen molar-refractivity contribution in [2.75, 3.05) is 13.7 Å². The number of fused-ring (bicyclic) bond motifs is 1. The summed E-state index contributed by atoms with van der Waals surface area (Å²) >= 11 is 0. The molecule has 0 saturated carbocycles. The minimum absolute atomic E-state index is 0.0400. The van der Waals surface area contributed by atoms with Crippen molar-refractivity contribution in [3.05, 3.63) is 39.9 Å². The Hall–Kier alpha value is -1.62. The molecule has 2 fully saturated rings. The van der Waals surface area contributed by atoms with Crippen molar-refractivity contribution in [1.82, 2.24) is 0 Å². The van der Waals surface area contributed by atoms with Crippen LogP contribution in [0.4, 0.5) is 5.69 Å². The number of nitro benzene ring substituents is 1. The van der Waals surface area contributed by atoms with Gasteiger partial charge in [0, 0.05) is 24.8 Å². The topological polar surface area (TPSA) is 121 Å². The van der Waals surface area contributed by atoms with Crippen molar-refractivity contribution in [2.24, 2.45) is 0 Å². The van der Waals surface area contributed by atoms with Crippen LogP contribution in [-0.2, 0) is 18.9 Å². The van der Waals surface area contributed by atoms with Crippen molar-refractivity contribution in [3.63, 3.8) is 0 Å². The maximum atomic E-state index is 10.7. The average Bonchev–Trinajstić information content (AvgIpc) is 2.58. The Bertz CT molecular complexity index is 562. The molecule has 0 aromatic heterocycles. The van der Waals surface area contributed by atoms with Crippen LogP contribution in [0.25, 0.3) is 0 Å². The van der Waals surface area contributed by atoms with E-state index >= 15 is 0 Å². The Balaban J connectivity index is 1.73. The van der Waals surface area contributed by atoms with E-state index in [0.717, 1.165) is 0 Å². The lowest BCUT2D eigenvalue weighted by Crippen LogP contribution is -2.62. The van der Waals surface area contributed by atoms with Gasteiger partial charge in [0.05, 0.1) is 11.5 Å². The van der Waals surface area contributed by atoms with Crippen LogP contribution in [0.3, 0.4) is 0 Å². The van der Waals surface area contributed by atoms with Gasteiger partial charge in [0.15, 0.2) is 12.6 Å². The molecular formula is C14H17NO8. The molecule has 2 aliphatic heterocycles. The summed E-state index contributed by atoms with van der Waals surface area (Å²) in [5, 5.41) is 30.8. The smallest absolute Gasteiger partial charge is 0.269 e. The predicted octanol–water partition coefficient (Wildman–Crippen LogP) is 0.102. The summed E-state index contributed by atoms with van der Waals surface area (Å²) in [6, 6.07) is 5.73. The number of non-ortho nitro benzene ring substituents is 1. The van der Waals surface area contributed by atoms with E-state index in [4.69, 9.17) is 18.9 Å². The van der Waals surface area contributed by atoms with Crippen molar-refractivity contribution in [3.8, 4) is 0 Å². The van der Waals surface area contributed by atoms with Gasteiger partial charge in [-0.1, -0.05) is 0 Å². The van der Waals surface area contributed by atoms with Crippen LogP contribution in [-0.4, -0.2) is 59.6 Å². The number of nitrogens with zero attached hydrogens (tertiary/aromatic N) is 1. The number of rotatable bonds is 3. The molecule has 2 aliphatic rings. The molecule has 2 heterocycles. The average molecular weight is 327 g/mol. The second-order valence-corrected chi connectivity index (χ2v) is 5.37. The first-order chi connectivity index (χ1) is 11.0. The second kappa shape index (κ2) is 6.48. The Morgan fingerprint density at radius 1 is 1.22 bits per heavy atom. The molecule has 126 valence electrons. The van der Waals surface area contributed by atoms with Crippen LogP contribution in [0.1, 0.15) is 11.9 Å². The van der Waals surface area contributed by atoms with Gasteiger partial charge >= 0.3 is 0 Å². The number of benzene rings is 1. The van der Waals surface area contributed by atoms with Gasteiger partial charge in [0.1, 0.15) is 24.4 Å². The van der Waals surface area contributed by atoms with E-state index in [2.05, 4.69) is 0 Å².